The molecule has 2 rings (SSSR count). The molecule has 0 saturated carbocycles. The summed E-state index contributed by atoms with van der Waals surface area (Å²) >= 11 is 0. The fourth-order valence-electron chi connectivity index (χ4n) is 2.02. The number of urea groups is 1. The minimum atomic E-state index is -0.444. The van der Waals surface area contributed by atoms with Crippen LogP contribution in [0.1, 0.15) is 25.3 Å². The van der Waals surface area contributed by atoms with E-state index < -0.39 is 6.03 Å². The fraction of sp³-hybridized carbons (Fsp3) is 0.263. The van der Waals surface area contributed by atoms with Crippen molar-refractivity contribution in [3.8, 4) is 11.5 Å². The lowest BCUT2D eigenvalue weighted by Gasteiger charge is -2.12. The van der Waals surface area contributed by atoms with Gasteiger partial charge in [-0.25, -0.2) is 9.79 Å². The molecule has 0 fully saturated rings. The number of ether oxygens (including phenoxy) is 2. The van der Waals surface area contributed by atoms with Crippen LogP contribution in [-0.2, 0) is 0 Å². The van der Waals surface area contributed by atoms with Crippen molar-refractivity contribution in [3.05, 3.63) is 54.1 Å². The van der Waals surface area contributed by atoms with Crippen LogP contribution in [0.4, 0.5) is 10.5 Å². The third-order valence-corrected chi connectivity index (χ3v) is 3.30. The Labute approximate surface area is 142 Å². The average Bonchev–Trinajstić information content (AvgIpc) is 2.62. The Morgan fingerprint density at radius 3 is 2.67 bits per heavy atom. The highest BCUT2D eigenvalue weighted by Crippen LogP contribution is 2.30. The van der Waals surface area contributed by atoms with Crippen molar-refractivity contribution < 1.29 is 14.3 Å². The number of benzene rings is 2. The second-order valence-electron chi connectivity index (χ2n) is 5.17. The lowest BCUT2D eigenvalue weighted by Crippen LogP contribution is -2.07. The molecule has 0 aliphatic carbocycles. The maximum absolute atomic E-state index is 11.9. The summed E-state index contributed by atoms with van der Waals surface area (Å²) < 4.78 is 11.0. The van der Waals surface area contributed by atoms with Crippen molar-refractivity contribution in [2.45, 2.75) is 19.8 Å². The molecular formula is C19H22N2O3. The van der Waals surface area contributed by atoms with Crippen LogP contribution < -0.4 is 14.8 Å². The summed E-state index contributed by atoms with van der Waals surface area (Å²) in [7, 11) is 1.57. The molecule has 0 aliphatic rings. The van der Waals surface area contributed by atoms with Gasteiger partial charge in [0.1, 0.15) is 0 Å². The molecule has 0 aliphatic heterocycles. The number of carbonyl (C=O) groups is 1. The van der Waals surface area contributed by atoms with Crippen LogP contribution in [0.5, 0.6) is 11.5 Å². The predicted octanol–water partition coefficient (Wildman–Crippen LogP) is 4.53. The van der Waals surface area contributed by atoms with Crippen LogP contribution in [0.2, 0.25) is 0 Å². The van der Waals surface area contributed by atoms with Crippen molar-refractivity contribution >= 4 is 17.9 Å². The van der Waals surface area contributed by atoms with Crippen molar-refractivity contribution in [1.82, 2.24) is 0 Å². The first-order valence-corrected chi connectivity index (χ1v) is 7.94. The van der Waals surface area contributed by atoms with E-state index in [1.165, 1.54) is 6.21 Å². The summed E-state index contributed by atoms with van der Waals surface area (Å²) in [6.45, 7) is 2.75. The number of rotatable bonds is 7. The summed E-state index contributed by atoms with van der Waals surface area (Å²) in [4.78, 5) is 15.8. The number of hydrogen-bond acceptors (Lipinski definition) is 3. The number of carbonyl (C=O) groups excluding carboxylic acids is 1. The van der Waals surface area contributed by atoms with Crippen LogP contribution in [0.25, 0.3) is 0 Å². The molecule has 0 aromatic heterocycles. The van der Waals surface area contributed by atoms with E-state index in [1.807, 2.05) is 30.3 Å². The lowest BCUT2D eigenvalue weighted by atomic mass is 10.2. The predicted molar refractivity (Wildman–Crippen MR) is 96.5 cm³/mol. The van der Waals surface area contributed by atoms with Crippen LogP contribution in [0, 0.1) is 0 Å². The SMILES string of the molecule is CCCCOc1ccc(NC(=O)/N=C/c2ccccc2)cc1OC. The first-order valence-electron chi connectivity index (χ1n) is 7.94. The molecule has 5 heteroatoms. The van der Waals surface area contributed by atoms with Gasteiger partial charge in [-0.2, -0.15) is 0 Å². The number of nitrogens with zero attached hydrogens (tertiary/aromatic N) is 1. The number of nitrogens with one attached hydrogen (secondary N) is 1. The van der Waals surface area contributed by atoms with Crippen LogP contribution in [-0.4, -0.2) is 26.0 Å². The van der Waals surface area contributed by atoms with E-state index in [4.69, 9.17) is 9.47 Å². The molecule has 0 heterocycles. The van der Waals surface area contributed by atoms with Crippen molar-refractivity contribution in [2.75, 3.05) is 19.0 Å². The van der Waals surface area contributed by atoms with Gasteiger partial charge in [0.2, 0.25) is 0 Å². The number of aliphatic imine (C=N–C) groups is 1. The Balaban J connectivity index is 1.98. The second kappa shape index (κ2) is 9.35. The second-order valence-corrected chi connectivity index (χ2v) is 5.17. The molecule has 0 spiro atoms. The lowest BCUT2D eigenvalue weighted by molar-refractivity contribution is 0.259. The topological polar surface area (TPSA) is 59.9 Å². The maximum atomic E-state index is 11.9. The Bertz CT molecular complexity index is 684. The molecule has 24 heavy (non-hydrogen) atoms. The van der Waals surface area contributed by atoms with Gasteiger partial charge in [-0.3, -0.25) is 0 Å². The molecule has 0 unspecified atom stereocenters. The molecule has 1 N–H and O–H groups in total. The summed E-state index contributed by atoms with van der Waals surface area (Å²) in [6.07, 6.45) is 3.57. The van der Waals surface area contributed by atoms with Gasteiger partial charge in [0, 0.05) is 18.0 Å². The third kappa shape index (κ3) is 5.43. The van der Waals surface area contributed by atoms with Gasteiger partial charge in [-0.15, -0.1) is 0 Å². The number of methoxy groups -OCH3 is 1. The van der Waals surface area contributed by atoms with Crippen molar-refractivity contribution in [1.29, 1.82) is 0 Å². The Hall–Kier alpha value is -2.82. The van der Waals surface area contributed by atoms with E-state index in [0.29, 0.717) is 23.8 Å². The molecule has 0 saturated heterocycles. The minimum Gasteiger partial charge on any atom is -0.493 e. The molecule has 5 nitrogen and oxygen atoms in total. The Morgan fingerprint density at radius 1 is 1.17 bits per heavy atom. The number of anilines is 1. The summed E-state index contributed by atoms with van der Waals surface area (Å²) in [6, 6.07) is 14.3. The first-order chi connectivity index (χ1) is 11.7. The van der Waals surface area contributed by atoms with Gasteiger partial charge in [0.25, 0.3) is 0 Å². The molecular weight excluding hydrogens is 304 g/mol. The Morgan fingerprint density at radius 2 is 1.96 bits per heavy atom. The van der Waals surface area contributed by atoms with E-state index in [1.54, 1.807) is 25.3 Å². The van der Waals surface area contributed by atoms with Crippen molar-refractivity contribution in [2.24, 2.45) is 4.99 Å². The minimum absolute atomic E-state index is 0.444. The molecule has 0 radical (unpaired) electrons. The van der Waals surface area contributed by atoms with Gasteiger partial charge in [0.15, 0.2) is 11.5 Å². The zero-order chi connectivity index (χ0) is 17.2. The van der Waals surface area contributed by atoms with E-state index in [0.717, 1.165) is 18.4 Å². The van der Waals surface area contributed by atoms with E-state index in [9.17, 15) is 4.79 Å². The van der Waals surface area contributed by atoms with Gasteiger partial charge in [0.05, 0.1) is 13.7 Å². The smallest absolute Gasteiger partial charge is 0.345 e. The van der Waals surface area contributed by atoms with Gasteiger partial charge in [-0.05, 0) is 24.1 Å². The first kappa shape index (κ1) is 17.5. The zero-order valence-corrected chi connectivity index (χ0v) is 14.0. The number of hydrogen-bond donors (Lipinski definition) is 1. The summed E-state index contributed by atoms with van der Waals surface area (Å²) in [5, 5.41) is 2.71. The van der Waals surface area contributed by atoms with Crippen LogP contribution in [0.15, 0.2) is 53.5 Å². The van der Waals surface area contributed by atoms with Gasteiger partial charge in [-0.1, -0.05) is 43.7 Å². The van der Waals surface area contributed by atoms with E-state index >= 15 is 0 Å². The number of amides is 2. The monoisotopic (exact) mass is 326 g/mol. The highest BCUT2D eigenvalue weighted by molar-refractivity contribution is 5.98. The highest BCUT2D eigenvalue weighted by Gasteiger charge is 2.07. The maximum Gasteiger partial charge on any atom is 0.345 e. The van der Waals surface area contributed by atoms with Gasteiger partial charge >= 0.3 is 6.03 Å². The third-order valence-electron chi connectivity index (χ3n) is 3.30. The van der Waals surface area contributed by atoms with Gasteiger partial charge < -0.3 is 14.8 Å². The largest absolute Gasteiger partial charge is 0.493 e. The van der Waals surface area contributed by atoms with E-state index in [2.05, 4.69) is 17.2 Å². The standard InChI is InChI=1S/C19H22N2O3/c1-3-4-12-24-17-11-10-16(13-18(17)23-2)21-19(22)20-14-15-8-6-5-7-9-15/h5-11,13-14H,3-4,12H2,1-2H3,(H,21,22)/b20-14+. The molecule has 0 atom stereocenters. The molecule has 2 aromatic carbocycles. The molecule has 2 aromatic rings. The highest BCUT2D eigenvalue weighted by atomic mass is 16.5. The fourth-order valence-corrected chi connectivity index (χ4v) is 2.02. The van der Waals surface area contributed by atoms with E-state index in [-0.39, 0.29) is 0 Å². The molecule has 0 bridgehead atoms. The normalized spacial score (nSPS) is 10.6. The molecule has 2 amide bonds. The average molecular weight is 326 g/mol. The quantitative estimate of drug-likeness (QED) is 0.601. The van der Waals surface area contributed by atoms with Crippen LogP contribution >= 0.6 is 0 Å². The number of unbranched alkanes of at least 4 members (excludes halogenated alkanes) is 1. The summed E-state index contributed by atoms with van der Waals surface area (Å²) in [5.41, 5.74) is 1.47. The zero-order valence-electron chi connectivity index (χ0n) is 14.0. The summed E-state index contributed by atoms with van der Waals surface area (Å²) in [5.74, 6) is 1.24. The molecule has 126 valence electrons. The Kier molecular flexibility index (Phi) is 6.83. The van der Waals surface area contributed by atoms with Crippen molar-refractivity contribution in [3.63, 3.8) is 0 Å². The van der Waals surface area contributed by atoms with Crippen LogP contribution in [0.3, 0.4) is 0 Å².